The summed E-state index contributed by atoms with van der Waals surface area (Å²) in [7, 11) is -3.09. The molecule has 0 saturated carbocycles. The van der Waals surface area contributed by atoms with Gasteiger partial charge in [-0.05, 0) is 54.4 Å². The van der Waals surface area contributed by atoms with Crippen molar-refractivity contribution in [2.24, 2.45) is 0 Å². The Hall–Kier alpha value is -1.79. The Bertz CT molecular complexity index is 1470. The smallest absolute Gasteiger partial charge is 0.402 e. The van der Waals surface area contributed by atoms with Crippen LogP contribution in [-0.4, -0.2) is 17.4 Å². The Morgan fingerprint density at radius 2 is 0.783 bits per heavy atom. The van der Waals surface area contributed by atoms with E-state index in [-0.39, 0.29) is 36.4 Å². The molecule has 2 N–H and O–H groups in total. The molecule has 0 aliphatic carbocycles. The zero-order valence-electron chi connectivity index (χ0n) is 21.8. The normalized spacial score (nSPS) is 14.5. The molecular formula is C25H12BCl5F12O3. The minimum absolute atomic E-state index is 0.0280. The van der Waals surface area contributed by atoms with Gasteiger partial charge in [0.1, 0.15) is 0 Å². The number of hydrogen-bond acceptors (Lipinski definition) is 3. The molecule has 0 heterocycles. The van der Waals surface area contributed by atoms with E-state index in [4.69, 9.17) is 62.7 Å². The number of halogens is 17. The molecule has 3 aromatic rings. The van der Waals surface area contributed by atoms with Crippen molar-refractivity contribution in [2.45, 2.75) is 43.1 Å². The first kappa shape index (κ1) is 38.7. The molecule has 1 unspecified atom stereocenters. The fourth-order valence-electron chi connectivity index (χ4n) is 4.65. The second-order valence-electron chi connectivity index (χ2n) is 9.61. The molecule has 3 rings (SSSR count). The lowest BCUT2D eigenvalue weighted by atomic mass is 9.72. The first-order valence-corrected chi connectivity index (χ1v) is 13.6. The third-order valence-electron chi connectivity index (χ3n) is 6.49. The van der Waals surface area contributed by atoms with Crippen molar-refractivity contribution in [2.75, 3.05) is 0 Å². The maximum absolute atomic E-state index is 13.9. The lowest BCUT2D eigenvalue weighted by Gasteiger charge is -2.41. The maximum Gasteiger partial charge on any atom is 0.634 e. The molecule has 0 aliphatic heterocycles. The number of hydrogen-bond donors (Lipinski definition) is 2. The van der Waals surface area contributed by atoms with E-state index in [1.54, 1.807) is 0 Å². The second kappa shape index (κ2) is 12.9. The van der Waals surface area contributed by atoms with Crippen molar-refractivity contribution in [3.8, 4) is 0 Å². The third kappa shape index (κ3) is 7.91. The van der Waals surface area contributed by atoms with Gasteiger partial charge < -0.3 is 14.7 Å². The molecule has 0 spiro atoms. The van der Waals surface area contributed by atoms with Gasteiger partial charge in [-0.15, -0.1) is 0 Å². The molecule has 46 heavy (non-hydrogen) atoms. The highest BCUT2D eigenvalue weighted by atomic mass is 35.5. The van der Waals surface area contributed by atoms with Crippen LogP contribution >= 0.6 is 58.0 Å². The van der Waals surface area contributed by atoms with Crippen LogP contribution in [0.15, 0.2) is 36.4 Å². The van der Waals surface area contributed by atoms with Crippen molar-refractivity contribution in [3.05, 3.63) is 100 Å². The second-order valence-corrected chi connectivity index (χ2v) is 11.5. The van der Waals surface area contributed by atoms with E-state index in [0.29, 0.717) is 6.92 Å². The summed E-state index contributed by atoms with van der Waals surface area (Å²) in [6.07, 6.45) is -22.3. The van der Waals surface area contributed by atoms with Gasteiger partial charge in [-0.3, -0.25) is 0 Å². The Morgan fingerprint density at radius 3 is 1.02 bits per heavy atom. The predicted octanol–water partition coefficient (Wildman–Crippen LogP) is 11.1. The predicted molar refractivity (Wildman–Crippen MR) is 145 cm³/mol. The zero-order valence-corrected chi connectivity index (χ0v) is 25.6. The number of alkyl halides is 12. The molecule has 0 aliphatic rings. The quantitative estimate of drug-likeness (QED) is 0.113. The van der Waals surface area contributed by atoms with Gasteiger partial charge in [0.15, 0.2) is 0 Å². The highest BCUT2D eigenvalue weighted by molar-refractivity contribution is 6.55. The van der Waals surface area contributed by atoms with Crippen LogP contribution in [0.4, 0.5) is 52.7 Å². The van der Waals surface area contributed by atoms with Gasteiger partial charge in [0.05, 0.1) is 53.0 Å². The van der Waals surface area contributed by atoms with Gasteiger partial charge in [-0.25, -0.2) is 0 Å². The topological polar surface area (TPSA) is 49.7 Å². The fraction of sp³-hybridized carbons (Fsp3) is 0.280. The third-order valence-corrected chi connectivity index (χ3v) is 8.77. The summed E-state index contributed by atoms with van der Waals surface area (Å²) in [6, 6.07) is -0.856. The van der Waals surface area contributed by atoms with Crippen LogP contribution in [0.2, 0.25) is 25.1 Å². The molecule has 0 aromatic heterocycles. The number of benzene rings is 3. The van der Waals surface area contributed by atoms with Crippen molar-refractivity contribution < 1.29 is 67.4 Å². The summed E-state index contributed by atoms with van der Waals surface area (Å²) in [5.74, 6) is -2.69. The molecule has 3 nitrogen and oxygen atoms in total. The van der Waals surface area contributed by atoms with Crippen LogP contribution in [0.25, 0.3) is 0 Å². The monoisotopic (exact) mass is 774 g/mol. The first-order valence-electron chi connectivity index (χ1n) is 11.7. The van der Waals surface area contributed by atoms with Gasteiger partial charge in [-0.1, -0.05) is 58.0 Å². The molecule has 0 bridgehead atoms. The lowest BCUT2D eigenvalue weighted by Crippen LogP contribution is -2.41. The van der Waals surface area contributed by atoms with E-state index >= 15 is 0 Å². The highest BCUT2D eigenvalue weighted by Gasteiger charge is 2.49. The van der Waals surface area contributed by atoms with E-state index in [0.717, 1.165) is 0 Å². The maximum atomic E-state index is 13.9. The molecule has 1 atom stereocenters. The highest BCUT2D eigenvalue weighted by Crippen LogP contribution is 2.55. The SMILES string of the molecule is CC(OB(O)O)(c1c(Cl)c(Cl)c(Cl)c(Cl)c1Cl)C(c1cc(C(F)(F)F)cc(C(F)(F)F)c1)c1cc(C(F)(F)F)cc(C(F)(F)F)c1. The summed E-state index contributed by atoms with van der Waals surface area (Å²) >= 11 is 30.6. The zero-order chi connectivity index (χ0) is 35.5. The number of rotatable bonds is 6. The van der Waals surface area contributed by atoms with Crippen LogP contribution in [0.1, 0.15) is 51.8 Å². The Balaban J connectivity index is 2.72. The Morgan fingerprint density at radius 1 is 0.522 bits per heavy atom. The summed E-state index contributed by atoms with van der Waals surface area (Å²) in [6.45, 7) is 0.617. The van der Waals surface area contributed by atoms with E-state index in [9.17, 15) is 62.7 Å². The molecule has 0 amide bonds. The largest absolute Gasteiger partial charge is 0.634 e. The van der Waals surface area contributed by atoms with Crippen molar-refractivity contribution >= 4 is 65.3 Å². The summed E-state index contributed by atoms with van der Waals surface area (Å²) < 4.78 is 172. The Labute approximate surface area is 275 Å². The van der Waals surface area contributed by atoms with Gasteiger partial charge in [-0.2, -0.15) is 52.7 Å². The van der Waals surface area contributed by atoms with Crippen LogP contribution in [0, 0.1) is 0 Å². The first-order chi connectivity index (χ1) is 20.6. The van der Waals surface area contributed by atoms with E-state index in [1.807, 2.05) is 0 Å². The molecule has 0 saturated heterocycles. The minimum atomic E-state index is -5.57. The van der Waals surface area contributed by atoms with E-state index < -0.39 is 108 Å². The minimum Gasteiger partial charge on any atom is -0.402 e. The van der Waals surface area contributed by atoms with Gasteiger partial charge >= 0.3 is 32.0 Å². The fourth-order valence-corrected chi connectivity index (χ4v) is 6.16. The average molecular weight is 776 g/mol. The van der Waals surface area contributed by atoms with Crippen LogP contribution < -0.4 is 0 Å². The summed E-state index contributed by atoms with van der Waals surface area (Å²) in [5.41, 5.74) is -14.8. The van der Waals surface area contributed by atoms with Crippen LogP contribution in [-0.2, 0) is 35.0 Å². The van der Waals surface area contributed by atoms with Crippen molar-refractivity contribution in [1.82, 2.24) is 0 Å². The molecule has 3 aromatic carbocycles. The van der Waals surface area contributed by atoms with Crippen molar-refractivity contribution in [3.63, 3.8) is 0 Å². The molecule has 0 radical (unpaired) electrons. The van der Waals surface area contributed by atoms with Crippen LogP contribution in [0.5, 0.6) is 0 Å². The van der Waals surface area contributed by atoms with E-state index in [1.165, 1.54) is 0 Å². The van der Waals surface area contributed by atoms with Gasteiger partial charge in [0.25, 0.3) is 0 Å². The summed E-state index contributed by atoms with van der Waals surface area (Å²) in [5, 5.41) is 15.9. The molecular weight excluding hydrogens is 764 g/mol. The van der Waals surface area contributed by atoms with Crippen molar-refractivity contribution in [1.29, 1.82) is 0 Å². The van der Waals surface area contributed by atoms with Crippen LogP contribution in [0.3, 0.4) is 0 Å². The standard InChI is InChI=1S/C25H12BCl5F12O3/c1-21(46-26(44)45,15-16(27)18(29)20(31)19(30)17(15)28)14(8-2-10(22(32,33)34)6-11(3-8)23(35,36)37)9-4-12(24(38,39)40)7-13(5-9)25(41,42)43/h2-7,14,44-45H,1H3. The summed E-state index contributed by atoms with van der Waals surface area (Å²) in [4.78, 5) is 0. The molecule has 0 fully saturated rings. The van der Waals surface area contributed by atoms with Gasteiger partial charge in [0, 0.05) is 11.5 Å². The van der Waals surface area contributed by atoms with E-state index in [2.05, 4.69) is 0 Å². The molecule has 21 heteroatoms. The lowest BCUT2D eigenvalue weighted by molar-refractivity contribution is -0.144. The average Bonchev–Trinajstić information content (AvgIpc) is 2.88. The molecule has 252 valence electrons. The Kier molecular flexibility index (Phi) is 10.9. The van der Waals surface area contributed by atoms with Gasteiger partial charge in [0.2, 0.25) is 0 Å².